The lowest BCUT2D eigenvalue weighted by atomic mass is 9.41. The number of hydrogen-bond acceptors (Lipinski definition) is 2. The summed E-state index contributed by atoms with van der Waals surface area (Å²) in [7, 11) is 4.10. The molecule has 0 aromatic carbocycles. The van der Waals surface area contributed by atoms with Crippen molar-refractivity contribution < 1.29 is 0 Å². The summed E-state index contributed by atoms with van der Waals surface area (Å²) >= 11 is 0. The smallest absolute Gasteiger partial charge is 0.139 e. The van der Waals surface area contributed by atoms with Crippen molar-refractivity contribution in [3.8, 4) is 0 Å². The van der Waals surface area contributed by atoms with Crippen LogP contribution in [0.5, 0.6) is 0 Å². The first-order valence-electron chi connectivity index (χ1n) is 8.96. The van der Waals surface area contributed by atoms with Gasteiger partial charge in [0.15, 0.2) is 0 Å². The summed E-state index contributed by atoms with van der Waals surface area (Å²) in [4.78, 5) is 2.13. The van der Waals surface area contributed by atoms with Gasteiger partial charge in [0, 0.05) is 0 Å². The van der Waals surface area contributed by atoms with Gasteiger partial charge in [-0.15, -0.1) is 0 Å². The fourth-order valence-electron chi connectivity index (χ4n) is 2.32. The Morgan fingerprint density at radius 3 is 1.35 bits per heavy atom. The first kappa shape index (κ1) is 22.3. The van der Waals surface area contributed by atoms with E-state index in [1.54, 1.807) is 0 Å². The summed E-state index contributed by atoms with van der Waals surface area (Å²) < 4.78 is 0. The van der Waals surface area contributed by atoms with E-state index in [9.17, 15) is 0 Å². The van der Waals surface area contributed by atoms with Crippen LogP contribution in [0, 0.1) is 0 Å². The van der Waals surface area contributed by atoms with E-state index in [1.165, 1.54) is 57.5 Å². The van der Waals surface area contributed by atoms with Gasteiger partial charge in [-0.05, 0) is 33.6 Å². The minimum atomic E-state index is 0.804. The molecular formula is C17H41BN2. The molecule has 122 valence electrons. The van der Waals surface area contributed by atoms with Gasteiger partial charge < -0.3 is 10.6 Å². The molecule has 0 saturated heterocycles. The van der Waals surface area contributed by atoms with Gasteiger partial charge in [0.05, 0.1) is 0 Å². The molecule has 0 bridgehead atoms. The molecule has 0 fully saturated rings. The fourth-order valence-corrected chi connectivity index (χ4v) is 2.32. The molecule has 0 aliphatic carbocycles. The highest BCUT2D eigenvalue weighted by atomic mass is 15.0. The van der Waals surface area contributed by atoms with Crippen LogP contribution in [0.3, 0.4) is 0 Å². The third kappa shape index (κ3) is 20.3. The highest BCUT2D eigenvalue weighted by Gasteiger charge is 2.10. The van der Waals surface area contributed by atoms with Crippen molar-refractivity contribution in [1.82, 2.24) is 4.90 Å². The molecule has 20 heavy (non-hydrogen) atoms. The molecule has 2 nitrogen and oxygen atoms in total. The fraction of sp³-hybridized carbons (Fsp3) is 1.00. The molecule has 3 heteroatoms. The Bertz CT molecular complexity index is 144. The van der Waals surface area contributed by atoms with Crippen molar-refractivity contribution in [3.63, 3.8) is 0 Å². The first-order chi connectivity index (χ1) is 9.62. The van der Waals surface area contributed by atoms with E-state index < -0.39 is 0 Å². The van der Waals surface area contributed by atoms with Crippen molar-refractivity contribution >= 4 is 6.71 Å². The van der Waals surface area contributed by atoms with Crippen molar-refractivity contribution in [2.24, 2.45) is 5.73 Å². The minimum Gasteiger partial charge on any atom is -0.330 e. The molecule has 0 unspecified atom stereocenters. The Kier molecular flexibility index (Phi) is 21.1. The van der Waals surface area contributed by atoms with Crippen molar-refractivity contribution in [2.45, 2.75) is 84.7 Å². The maximum absolute atomic E-state index is 5.25. The predicted octanol–water partition coefficient (Wildman–Crippen LogP) is 4.78. The Hall–Kier alpha value is -0.0151. The molecule has 0 aromatic rings. The van der Waals surface area contributed by atoms with Crippen LogP contribution in [0.2, 0.25) is 19.0 Å². The number of nitrogens with two attached hydrogens (primary N) is 1. The summed E-state index contributed by atoms with van der Waals surface area (Å²) in [5.74, 6) is 0. The lowest BCUT2D eigenvalue weighted by Gasteiger charge is -2.11. The number of unbranched alkanes of at least 4 members (excludes halogenated alkanes) is 3. The van der Waals surface area contributed by atoms with Crippen molar-refractivity contribution in [1.29, 1.82) is 0 Å². The second-order valence-corrected chi connectivity index (χ2v) is 6.24. The first-order valence-corrected chi connectivity index (χ1v) is 8.96. The molecule has 0 radical (unpaired) electrons. The van der Waals surface area contributed by atoms with Crippen LogP contribution in [0.15, 0.2) is 0 Å². The van der Waals surface area contributed by atoms with E-state index in [0.717, 1.165) is 26.2 Å². The Morgan fingerprint density at radius 1 is 0.750 bits per heavy atom. The molecular weight excluding hydrogens is 243 g/mol. The summed E-state index contributed by atoms with van der Waals surface area (Å²) in [6, 6.07) is 0. The van der Waals surface area contributed by atoms with Gasteiger partial charge in [0.2, 0.25) is 0 Å². The second-order valence-electron chi connectivity index (χ2n) is 6.24. The molecule has 0 aliphatic heterocycles. The third-order valence-corrected chi connectivity index (χ3v) is 3.71. The molecule has 0 atom stereocenters. The molecule has 0 saturated carbocycles. The maximum Gasteiger partial charge on any atom is 0.139 e. The second kappa shape index (κ2) is 19.0. The van der Waals surface area contributed by atoms with Gasteiger partial charge >= 0.3 is 0 Å². The molecule has 0 heterocycles. The zero-order chi connectivity index (χ0) is 15.6. The van der Waals surface area contributed by atoms with E-state index >= 15 is 0 Å². The number of hydrogen-bond donors (Lipinski definition) is 1. The Balaban J connectivity index is 0. The van der Waals surface area contributed by atoms with Crippen LogP contribution < -0.4 is 5.73 Å². The van der Waals surface area contributed by atoms with Crippen molar-refractivity contribution in [2.75, 3.05) is 27.2 Å². The van der Waals surface area contributed by atoms with Crippen LogP contribution in [0.1, 0.15) is 65.7 Å². The number of nitrogens with zero attached hydrogens (tertiary/aromatic N) is 1. The van der Waals surface area contributed by atoms with Gasteiger partial charge in [0.1, 0.15) is 6.71 Å². The highest BCUT2D eigenvalue weighted by Crippen LogP contribution is 2.16. The summed E-state index contributed by atoms with van der Waals surface area (Å²) in [6.45, 7) is 9.86. The molecule has 0 aromatic heterocycles. The zero-order valence-electron chi connectivity index (χ0n) is 15.1. The SMILES string of the molecule is CCCCB(CCCC)CCCC.CN(C)CCCN. The van der Waals surface area contributed by atoms with Crippen LogP contribution >= 0.6 is 0 Å². The monoisotopic (exact) mass is 284 g/mol. The van der Waals surface area contributed by atoms with Gasteiger partial charge in [-0.1, -0.05) is 78.3 Å². The van der Waals surface area contributed by atoms with E-state index in [4.69, 9.17) is 5.73 Å². The van der Waals surface area contributed by atoms with E-state index in [2.05, 4.69) is 39.8 Å². The molecule has 0 aliphatic rings. The molecule has 0 amide bonds. The van der Waals surface area contributed by atoms with Gasteiger partial charge in [0.25, 0.3) is 0 Å². The van der Waals surface area contributed by atoms with E-state index in [0.29, 0.717) is 0 Å². The zero-order valence-corrected chi connectivity index (χ0v) is 15.1. The van der Waals surface area contributed by atoms with Crippen LogP contribution in [-0.4, -0.2) is 38.8 Å². The summed E-state index contributed by atoms with van der Waals surface area (Å²) in [5, 5.41) is 0. The van der Waals surface area contributed by atoms with E-state index in [1.807, 2.05) is 0 Å². The summed E-state index contributed by atoms with van der Waals surface area (Å²) in [5.41, 5.74) is 5.25. The Labute approximate surface area is 130 Å². The maximum atomic E-state index is 5.25. The lowest BCUT2D eigenvalue weighted by Crippen LogP contribution is -2.16. The number of rotatable bonds is 12. The average Bonchev–Trinajstić information content (AvgIpc) is 2.45. The van der Waals surface area contributed by atoms with Crippen LogP contribution in [0.4, 0.5) is 0 Å². The standard InChI is InChI=1S/C12H27B.C5H14N2/c1-4-7-10-13(11-8-5-2)12-9-6-3;1-7(2)5-3-4-6/h4-12H2,1-3H3;3-6H2,1-2H3. The van der Waals surface area contributed by atoms with Crippen LogP contribution in [-0.2, 0) is 0 Å². The molecule has 0 spiro atoms. The molecule has 2 N–H and O–H groups in total. The highest BCUT2D eigenvalue weighted by molar-refractivity contribution is 6.58. The lowest BCUT2D eigenvalue weighted by molar-refractivity contribution is 0.403. The van der Waals surface area contributed by atoms with E-state index in [-0.39, 0.29) is 0 Å². The van der Waals surface area contributed by atoms with Gasteiger partial charge in [-0.25, -0.2) is 0 Å². The predicted molar refractivity (Wildman–Crippen MR) is 97.1 cm³/mol. The average molecular weight is 284 g/mol. The minimum absolute atomic E-state index is 0.804. The van der Waals surface area contributed by atoms with Crippen LogP contribution in [0.25, 0.3) is 0 Å². The summed E-state index contributed by atoms with van der Waals surface area (Å²) in [6.07, 6.45) is 14.0. The van der Waals surface area contributed by atoms with Crippen molar-refractivity contribution in [3.05, 3.63) is 0 Å². The van der Waals surface area contributed by atoms with Gasteiger partial charge in [-0.3, -0.25) is 0 Å². The quantitative estimate of drug-likeness (QED) is 0.523. The topological polar surface area (TPSA) is 29.3 Å². The molecule has 0 rings (SSSR count). The Morgan fingerprint density at radius 2 is 1.15 bits per heavy atom. The normalized spacial score (nSPS) is 10.3. The third-order valence-electron chi connectivity index (χ3n) is 3.71. The van der Waals surface area contributed by atoms with Gasteiger partial charge in [-0.2, -0.15) is 0 Å². The largest absolute Gasteiger partial charge is 0.330 e.